The third-order valence-electron chi connectivity index (χ3n) is 4.69. The molecule has 1 fully saturated rings. The molecule has 0 radical (unpaired) electrons. The molecule has 1 amide bonds. The van der Waals surface area contributed by atoms with Crippen molar-refractivity contribution in [2.24, 2.45) is 0 Å². The minimum absolute atomic E-state index is 0.241. The Kier molecular flexibility index (Phi) is 7.54. The van der Waals surface area contributed by atoms with Gasteiger partial charge in [0.25, 0.3) is 0 Å². The molecule has 7 heteroatoms. The van der Waals surface area contributed by atoms with E-state index < -0.39 is 0 Å². The second-order valence-corrected chi connectivity index (χ2v) is 7.63. The molecule has 4 nitrogen and oxygen atoms in total. The summed E-state index contributed by atoms with van der Waals surface area (Å²) < 4.78 is 19.1. The van der Waals surface area contributed by atoms with Crippen LogP contribution < -0.4 is 10.1 Å². The third-order valence-corrected chi connectivity index (χ3v) is 5.28. The van der Waals surface area contributed by atoms with Crippen LogP contribution in [0.15, 0.2) is 36.4 Å². The van der Waals surface area contributed by atoms with Gasteiger partial charge in [0.15, 0.2) is 0 Å². The van der Waals surface area contributed by atoms with E-state index in [2.05, 4.69) is 5.32 Å². The van der Waals surface area contributed by atoms with Crippen LogP contribution in [-0.4, -0.2) is 30.4 Å². The van der Waals surface area contributed by atoms with E-state index in [9.17, 15) is 9.18 Å². The first kappa shape index (κ1) is 20.9. The molecule has 1 N–H and O–H groups in total. The van der Waals surface area contributed by atoms with Gasteiger partial charge in [-0.1, -0.05) is 29.3 Å². The zero-order valence-corrected chi connectivity index (χ0v) is 17.0. The molecule has 0 spiro atoms. The largest absolute Gasteiger partial charge is 0.489 e. The van der Waals surface area contributed by atoms with Crippen LogP contribution in [0.4, 0.5) is 4.39 Å². The number of nitrogens with zero attached hydrogens (tertiary/aromatic N) is 1. The summed E-state index contributed by atoms with van der Waals surface area (Å²) >= 11 is 12.2. The Hall–Kier alpha value is -1.82. The van der Waals surface area contributed by atoms with E-state index in [0.717, 1.165) is 38.0 Å². The molecule has 2 aromatic carbocycles. The summed E-state index contributed by atoms with van der Waals surface area (Å²) in [6.45, 7) is 3.29. The summed E-state index contributed by atoms with van der Waals surface area (Å²) in [5.41, 5.74) is 1.65. The monoisotopic (exact) mass is 424 g/mol. The normalized spacial score (nSPS) is 14.0. The van der Waals surface area contributed by atoms with Gasteiger partial charge in [0, 0.05) is 42.2 Å². The summed E-state index contributed by atoms with van der Waals surface area (Å²) in [5, 5.41) is 4.34. The van der Waals surface area contributed by atoms with Gasteiger partial charge in [0.2, 0.25) is 5.91 Å². The zero-order valence-electron chi connectivity index (χ0n) is 15.5. The van der Waals surface area contributed by atoms with E-state index in [1.165, 1.54) is 12.1 Å². The topological polar surface area (TPSA) is 41.6 Å². The van der Waals surface area contributed by atoms with Gasteiger partial charge in [0.1, 0.15) is 18.2 Å². The van der Waals surface area contributed by atoms with E-state index in [1.54, 1.807) is 12.1 Å². The first-order valence-corrected chi connectivity index (χ1v) is 10.1. The number of halogens is 3. The molecule has 28 heavy (non-hydrogen) atoms. The van der Waals surface area contributed by atoms with Gasteiger partial charge >= 0.3 is 0 Å². The Morgan fingerprint density at radius 3 is 2.75 bits per heavy atom. The number of rotatable bonds is 9. The minimum atomic E-state index is -0.374. The van der Waals surface area contributed by atoms with Crippen LogP contribution in [0.5, 0.6) is 5.75 Å². The number of ether oxygens (including phenoxy) is 1. The minimum Gasteiger partial charge on any atom is -0.489 e. The lowest BCUT2D eigenvalue weighted by Crippen LogP contribution is -2.28. The van der Waals surface area contributed by atoms with Crippen molar-refractivity contribution in [2.45, 2.75) is 32.4 Å². The molecule has 0 bridgehead atoms. The van der Waals surface area contributed by atoms with Crippen molar-refractivity contribution in [2.75, 3.05) is 19.6 Å². The molecule has 1 aliphatic heterocycles. The quantitative estimate of drug-likeness (QED) is 0.586. The zero-order chi connectivity index (χ0) is 19.9. The van der Waals surface area contributed by atoms with Gasteiger partial charge in [-0.25, -0.2) is 4.39 Å². The van der Waals surface area contributed by atoms with Gasteiger partial charge in [0.05, 0.1) is 5.02 Å². The number of likely N-dealkylation sites (tertiary alicyclic amines) is 1. The van der Waals surface area contributed by atoms with E-state index in [-0.39, 0.29) is 18.3 Å². The second-order valence-electron chi connectivity index (χ2n) is 6.79. The van der Waals surface area contributed by atoms with Gasteiger partial charge < -0.3 is 15.0 Å². The molecule has 0 unspecified atom stereocenters. The molecule has 0 saturated carbocycles. The third kappa shape index (κ3) is 5.84. The fraction of sp³-hybridized carbons (Fsp3) is 0.381. The molecule has 0 aromatic heterocycles. The number of carbonyl (C=O) groups excluding carboxylic acids is 1. The summed E-state index contributed by atoms with van der Waals surface area (Å²) in [4.78, 5) is 13.5. The van der Waals surface area contributed by atoms with Crippen molar-refractivity contribution in [1.82, 2.24) is 10.2 Å². The van der Waals surface area contributed by atoms with Crippen LogP contribution in [-0.2, 0) is 17.9 Å². The summed E-state index contributed by atoms with van der Waals surface area (Å²) in [7, 11) is 0. The van der Waals surface area contributed by atoms with Gasteiger partial charge in [-0.05, 0) is 49.7 Å². The van der Waals surface area contributed by atoms with Crippen LogP contribution in [0.1, 0.15) is 30.4 Å². The number of benzene rings is 2. The number of nitrogens with one attached hydrogen (secondary N) is 1. The highest BCUT2D eigenvalue weighted by molar-refractivity contribution is 6.31. The maximum absolute atomic E-state index is 13.2. The number of hydrogen-bond donors (Lipinski definition) is 1. The van der Waals surface area contributed by atoms with Gasteiger partial charge in [-0.15, -0.1) is 0 Å². The van der Waals surface area contributed by atoms with Crippen molar-refractivity contribution in [3.63, 3.8) is 0 Å². The standard InChI is InChI=1S/C21H23Cl2FN2O2/c22-17-5-7-20(28-14-15-4-6-18(24)12-19(15)23)16(11-17)13-25-8-2-10-26-9-1-3-21(26)27/h4-7,11-12,25H,1-3,8-10,13-14H2. The van der Waals surface area contributed by atoms with Crippen LogP contribution >= 0.6 is 23.2 Å². The van der Waals surface area contributed by atoms with Crippen molar-refractivity contribution in [3.05, 3.63) is 63.4 Å². The highest BCUT2D eigenvalue weighted by Crippen LogP contribution is 2.25. The fourth-order valence-electron chi connectivity index (χ4n) is 3.18. The number of carbonyl (C=O) groups is 1. The Bertz CT molecular complexity index is 832. The lowest BCUT2D eigenvalue weighted by molar-refractivity contribution is -0.127. The Balaban J connectivity index is 1.51. The predicted molar refractivity (Wildman–Crippen MR) is 109 cm³/mol. The highest BCUT2D eigenvalue weighted by atomic mass is 35.5. The molecular weight excluding hydrogens is 402 g/mol. The maximum Gasteiger partial charge on any atom is 0.222 e. The molecular formula is C21H23Cl2FN2O2. The molecule has 0 aliphatic carbocycles. The van der Waals surface area contributed by atoms with Crippen molar-refractivity contribution in [1.29, 1.82) is 0 Å². The summed E-state index contributed by atoms with van der Waals surface area (Å²) in [6.07, 6.45) is 2.54. The fourth-order valence-corrected chi connectivity index (χ4v) is 3.60. The van der Waals surface area contributed by atoms with Gasteiger partial charge in [-0.3, -0.25) is 4.79 Å². The predicted octanol–water partition coefficient (Wildman–Crippen LogP) is 4.81. The molecule has 1 heterocycles. The average Bonchev–Trinajstić information content (AvgIpc) is 3.07. The molecule has 1 saturated heterocycles. The van der Waals surface area contributed by atoms with Gasteiger partial charge in [-0.2, -0.15) is 0 Å². The van der Waals surface area contributed by atoms with Crippen LogP contribution in [0.2, 0.25) is 10.0 Å². The van der Waals surface area contributed by atoms with E-state index in [4.69, 9.17) is 27.9 Å². The first-order chi connectivity index (χ1) is 13.5. The average molecular weight is 425 g/mol. The number of hydrogen-bond acceptors (Lipinski definition) is 3. The van der Waals surface area contributed by atoms with Crippen molar-refractivity contribution < 1.29 is 13.9 Å². The van der Waals surface area contributed by atoms with Crippen LogP contribution in [0.3, 0.4) is 0 Å². The highest BCUT2D eigenvalue weighted by Gasteiger charge is 2.18. The summed E-state index contributed by atoms with van der Waals surface area (Å²) in [5.74, 6) is 0.581. The SMILES string of the molecule is O=C1CCCN1CCCNCc1cc(Cl)ccc1OCc1ccc(F)cc1Cl. The van der Waals surface area contributed by atoms with Crippen LogP contribution in [0, 0.1) is 5.82 Å². The lowest BCUT2D eigenvalue weighted by Gasteiger charge is -2.16. The summed E-state index contributed by atoms with van der Waals surface area (Å²) in [6, 6.07) is 9.70. The Morgan fingerprint density at radius 2 is 2.00 bits per heavy atom. The second kappa shape index (κ2) is 10.1. The van der Waals surface area contributed by atoms with Crippen molar-refractivity contribution in [3.8, 4) is 5.75 Å². The van der Waals surface area contributed by atoms with E-state index in [0.29, 0.717) is 34.3 Å². The van der Waals surface area contributed by atoms with Crippen LogP contribution in [0.25, 0.3) is 0 Å². The maximum atomic E-state index is 13.2. The molecule has 0 atom stereocenters. The first-order valence-electron chi connectivity index (χ1n) is 9.36. The van der Waals surface area contributed by atoms with Crippen molar-refractivity contribution >= 4 is 29.1 Å². The Labute approximate surface area is 174 Å². The van der Waals surface area contributed by atoms with E-state index >= 15 is 0 Å². The Morgan fingerprint density at radius 1 is 1.14 bits per heavy atom. The smallest absolute Gasteiger partial charge is 0.222 e. The lowest BCUT2D eigenvalue weighted by atomic mass is 10.2. The molecule has 1 aliphatic rings. The van der Waals surface area contributed by atoms with E-state index in [1.807, 2.05) is 17.0 Å². The molecule has 150 valence electrons. The molecule has 2 aromatic rings. The number of amides is 1. The molecule has 3 rings (SSSR count).